The number of hydrogen-bond donors (Lipinski definition) is 1. The number of benzene rings is 2. The number of halogens is 2. The highest BCUT2D eigenvalue weighted by Gasteiger charge is 2.23. The molecule has 0 spiro atoms. The van der Waals surface area contributed by atoms with Crippen molar-refractivity contribution in [2.45, 2.75) is 25.8 Å². The summed E-state index contributed by atoms with van der Waals surface area (Å²) in [5, 5.41) is 4.30. The van der Waals surface area contributed by atoms with Gasteiger partial charge < -0.3 is 10.1 Å². The van der Waals surface area contributed by atoms with E-state index in [0.717, 1.165) is 33.8 Å². The van der Waals surface area contributed by atoms with Gasteiger partial charge in [-0.05, 0) is 61.2 Å². The van der Waals surface area contributed by atoms with Crippen molar-refractivity contribution < 1.29 is 4.74 Å². The second-order valence-electron chi connectivity index (χ2n) is 5.15. The van der Waals surface area contributed by atoms with Crippen LogP contribution < -0.4 is 10.1 Å². The smallest absolute Gasteiger partial charge is 0.142 e. The highest BCUT2D eigenvalue weighted by Crippen LogP contribution is 2.38. The van der Waals surface area contributed by atoms with Gasteiger partial charge in [-0.15, -0.1) is 0 Å². The van der Waals surface area contributed by atoms with Crippen molar-refractivity contribution in [3.8, 4) is 5.75 Å². The highest BCUT2D eigenvalue weighted by atomic mass is 79.9. The summed E-state index contributed by atoms with van der Waals surface area (Å²) in [6.45, 7) is 2.63. The van der Waals surface area contributed by atoms with Crippen molar-refractivity contribution in [1.29, 1.82) is 0 Å². The molecule has 0 bridgehead atoms. The zero-order chi connectivity index (χ0) is 14.8. The average molecular weight is 367 g/mol. The second-order valence-corrected chi connectivity index (χ2v) is 6.50. The molecule has 0 aliphatic heterocycles. The number of ether oxygens (including phenoxy) is 1. The Hall–Kier alpha value is -1.19. The Balaban J connectivity index is 1.87. The normalized spacial score (nSPS) is 16.6. The van der Waals surface area contributed by atoms with Crippen LogP contribution in [-0.2, 0) is 6.42 Å². The Morgan fingerprint density at radius 2 is 2.14 bits per heavy atom. The van der Waals surface area contributed by atoms with Gasteiger partial charge in [-0.3, -0.25) is 0 Å². The molecule has 0 amide bonds. The first-order chi connectivity index (χ1) is 10.2. The van der Waals surface area contributed by atoms with E-state index in [4.69, 9.17) is 16.3 Å². The zero-order valence-electron chi connectivity index (χ0n) is 11.8. The molecule has 1 unspecified atom stereocenters. The topological polar surface area (TPSA) is 21.3 Å². The van der Waals surface area contributed by atoms with Crippen LogP contribution in [0.3, 0.4) is 0 Å². The minimum absolute atomic E-state index is 0.311. The molecule has 2 aromatic carbocycles. The monoisotopic (exact) mass is 365 g/mol. The number of aryl methyl sites for hydroxylation is 1. The third-order valence-corrected chi connectivity index (χ3v) is 4.48. The fraction of sp³-hybridized carbons (Fsp3) is 0.294. The van der Waals surface area contributed by atoms with Gasteiger partial charge in [0.15, 0.2) is 0 Å². The van der Waals surface area contributed by atoms with E-state index < -0.39 is 0 Å². The van der Waals surface area contributed by atoms with Crippen LogP contribution in [0.2, 0.25) is 5.02 Å². The van der Waals surface area contributed by atoms with Gasteiger partial charge in [0, 0.05) is 9.50 Å². The maximum Gasteiger partial charge on any atom is 0.142 e. The van der Waals surface area contributed by atoms with Gasteiger partial charge in [0.1, 0.15) is 5.75 Å². The van der Waals surface area contributed by atoms with E-state index in [-0.39, 0.29) is 0 Å². The summed E-state index contributed by atoms with van der Waals surface area (Å²) < 4.78 is 6.82. The number of rotatable bonds is 4. The van der Waals surface area contributed by atoms with E-state index >= 15 is 0 Å². The number of hydrogen-bond acceptors (Lipinski definition) is 2. The van der Waals surface area contributed by atoms with Crippen LogP contribution in [-0.4, -0.2) is 6.61 Å². The van der Waals surface area contributed by atoms with Gasteiger partial charge >= 0.3 is 0 Å². The molecular weight excluding hydrogens is 350 g/mol. The fourth-order valence-electron chi connectivity index (χ4n) is 2.82. The maximum absolute atomic E-state index is 6.12. The minimum atomic E-state index is 0.311. The number of nitrogens with one attached hydrogen (secondary N) is 1. The molecule has 0 saturated heterocycles. The predicted molar refractivity (Wildman–Crippen MR) is 91.4 cm³/mol. The van der Waals surface area contributed by atoms with Gasteiger partial charge in [-0.25, -0.2) is 0 Å². The summed E-state index contributed by atoms with van der Waals surface area (Å²) in [5.74, 6) is 0.854. The van der Waals surface area contributed by atoms with E-state index in [0.29, 0.717) is 12.6 Å². The summed E-state index contributed by atoms with van der Waals surface area (Å²) >= 11 is 9.66. The van der Waals surface area contributed by atoms with Crippen molar-refractivity contribution in [3.05, 3.63) is 57.0 Å². The first kappa shape index (κ1) is 14.7. The van der Waals surface area contributed by atoms with Crippen LogP contribution in [0.25, 0.3) is 0 Å². The van der Waals surface area contributed by atoms with E-state index in [1.165, 1.54) is 11.1 Å². The van der Waals surface area contributed by atoms with Crippen LogP contribution in [0.15, 0.2) is 40.9 Å². The molecule has 1 aliphatic rings. The van der Waals surface area contributed by atoms with Crippen molar-refractivity contribution in [3.63, 3.8) is 0 Å². The highest BCUT2D eigenvalue weighted by molar-refractivity contribution is 9.10. The molecule has 0 saturated carbocycles. The third kappa shape index (κ3) is 3.19. The average Bonchev–Trinajstić information content (AvgIpc) is 2.84. The van der Waals surface area contributed by atoms with E-state index in [2.05, 4.69) is 39.4 Å². The Labute approximate surface area is 138 Å². The van der Waals surface area contributed by atoms with E-state index in [1.54, 1.807) is 0 Å². The summed E-state index contributed by atoms with van der Waals surface area (Å²) in [5.41, 5.74) is 3.73. The Morgan fingerprint density at radius 3 is 2.95 bits per heavy atom. The SMILES string of the molecule is CCOc1ccc(Cl)cc1NC1CCc2cc(Br)ccc21. The summed E-state index contributed by atoms with van der Waals surface area (Å²) in [7, 11) is 0. The molecule has 2 nitrogen and oxygen atoms in total. The third-order valence-electron chi connectivity index (χ3n) is 3.75. The molecule has 110 valence electrons. The fourth-order valence-corrected chi connectivity index (χ4v) is 3.40. The van der Waals surface area contributed by atoms with Crippen LogP contribution >= 0.6 is 27.5 Å². The molecule has 0 radical (unpaired) electrons. The molecule has 0 heterocycles. The van der Waals surface area contributed by atoms with Crippen molar-refractivity contribution in [1.82, 2.24) is 0 Å². The van der Waals surface area contributed by atoms with Gasteiger partial charge in [-0.1, -0.05) is 33.6 Å². The molecule has 0 fully saturated rings. The standard InChI is InChI=1S/C17H17BrClNO/c1-2-21-17-8-5-13(19)10-16(17)20-15-7-3-11-9-12(18)4-6-14(11)15/h4-6,8-10,15,20H,2-3,7H2,1H3. The quantitative estimate of drug-likeness (QED) is 0.760. The molecule has 1 atom stereocenters. The van der Waals surface area contributed by atoms with Gasteiger partial charge in [0.25, 0.3) is 0 Å². The van der Waals surface area contributed by atoms with Gasteiger partial charge in [-0.2, -0.15) is 0 Å². The van der Waals surface area contributed by atoms with Crippen molar-refractivity contribution in [2.24, 2.45) is 0 Å². The Bertz CT molecular complexity index is 659. The van der Waals surface area contributed by atoms with Crippen LogP contribution in [0.4, 0.5) is 5.69 Å². The largest absolute Gasteiger partial charge is 0.492 e. The van der Waals surface area contributed by atoms with Gasteiger partial charge in [0.2, 0.25) is 0 Å². The zero-order valence-corrected chi connectivity index (χ0v) is 14.2. The lowest BCUT2D eigenvalue weighted by Crippen LogP contribution is -2.08. The summed E-state index contributed by atoms with van der Waals surface area (Å²) in [6, 6.07) is 12.5. The lowest BCUT2D eigenvalue weighted by molar-refractivity contribution is 0.341. The van der Waals surface area contributed by atoms with Crippen LogP contribution in [0.1, 0.15) is 30.5 Å². The molecule has 21 heavy (non-hydrogen) atoms. The number of fused-ring (bicyclic) bond motifs is 1. The Morgan fingerprint density at radius 1 is 1.29 bits per heavy atom. The molecule has 4 heteroatoms. The summed E-state index contributed by atoms with van der Waals surface area (Å²) in [6.07, 6.45) is 2.18. The molecule has 1 aliphatic carbocycles. The minimum Gasteiger partial charge on any atom is -0.492 e. The lowest BCUT2D eigenvalue weighted by Gasteiger charge is -2.19. The summed E-state index contributed by atoms with van der Waals surface area (Å²) in [4.78, 5) is 0. The molecule has 2 aromatic rings. The first-order valence-electron chi connectivity index (χ1n) is 7.14. The van der Waals surface area contributed by atoms with Crippen molar-refractivity contribution in [2.75, 3.05) is 11.9 Å². The molecular formula is C17H17BrClNO. The van der Waals surface area contributed by atoms with Crippen LogP contribution in [0.5, 0.6) is 5.75 Å². The predicted octanol–water partition coefficient (Wildman–Crippen LogP) is 5.60. The number of anilines is 1. The van der Waals surface area contributed by atoms with E-state index in [1.807, 2.05) is 25.1 Å². The van der Waals surface area contributed by atoms with Gasteiger partial charge in [0.05, 0.1) is 18.3 Å². The Kier molecular flexibility index (Phi) is 4.41. The maximum atomic E-state index is 6.12. The van der Waals surface area contributed by atoms with E-state index in [9.17, 15) is 0 Å². The molecule has 3 rings (SSSR count). The van der Waals surface area contributed by atoms with Crippen molar-refractivity contribution >= 4 is 33.2 Å². The first-order valence-corrected chi connectivity index (χ1v) is 8.31. The lowest BCUT2D eigenvalue weighted by atomic mass is 10.1. The van der Waals surface area contributed by atoms with Crippen LogP contribution in [0, 0.1) is 0 Å². The molecule has 0 aromatic heterocycles. The second kappa shape index (κ2) is 6.29. The molecule has 1 N–H and O–H groups in total.